The van der Waals surface area contributed by atoms with Crippen LogP contribution < -0.4 is 11.1 Å². The van der Waals surface area contributed by atoms with Gasteiger partial charge in [0.1, 0.15) is 5.01 Å². The number of hydrogen-bond acceptors (Lipinski definition) is 4. The molecular formula is C7H10F3N3S. The molecule has 1 aromatic heterocycles. The Balaban J connectivity index is 2.31. The van der Waals surface area contributed by atoms with Crippen LogP contribution in [0.1, 0.15) is 10.7 Å². The van der Waals surface area contributed by atoms with E-state index >= 15 is 0 Å². The predicted molar refractivity (Wildman–Crippen MR) is 47.8 cm³/mol. The minimum absolute atomic E-state index is 0.121. The van der Waals surface area contributed by atoms with Crippen LogP contribution in [-0.2, 0) is 13.1 Å². The van der Waals surface area contributed by atoms with E-state index in [0.29, 0.717) is 12.2 Å². The van der Waals surface area contributed by atoms with Gasteiger partial charge in [0.05, 0.1) is 12.2 Å². The highest BCUT2D eigenvalue weighted by Gasteiger charge is 2.26. The average molecular weight is 225 g/mol. The minimum Gasteiger partial charge on any atom is -0.325 e. The van der Waals surface area contributed by atoms with Crippen LogP contribution >= 0.6 is 11.3 Å². The second-order valence-electron chi connectivity index (χ2n) is 2.66. The Morgan fingerprint density at radius 2 is 2.21 bits per heavy atom. The van der Waals surface area contributed by atoms with Crippen LogP contribution in [0, 0.1) is 0 Å². The molecule has 0 saturated heterocycles. The molecule has 80 valence electrons. The third-order valence-corrected chi connectivity index (χ3v) is 2.33. The SMILES string of the molecule is NCc1nc(CNCC(F)(F)F)cs1. The van der Waals surface area contributed by atoms with E-state index in [-0.39, 0.29) is 6.54 Å². The Labute approximate surface area is 83.1 Å². The predicted octanol–water partition coefficient (Wildman–Crippen LogP) is 1.25. The summed E-state index contributed by atoms with van der Waals surface area (Å²) in [5, 5.41) is 4.69. The monoisotopic (exact) mass is 225 g/mol. The fourth-order valence-electron chi connectivity index (χ4n) is 0.856. The smallest absolute Gasteiger partial charge is 0.325 e. The zero-order chi connectivity index (χ0) is 10.6. The van der Waals surface area contributed by atoms with Crippen molar-refractivity contribution in [1.29, 1.82) is 0 Å². The van der Waals surface area contributed by atoms with E-state index in [0.717, 1.165) is 5.01 Å². The summed E-state index contributed by atoms with van der Waals surface area (Å²) in [4.78, 5) is 4.01. The molecule has 1 heterocycles. The van der Waals surface area contributed by atoms with Crippen molar-refractivity contribution >= 4 is 11.3 Å². The van der Waals surface area contributed by atoms with Gasteiger partial charge < -0.3 is 11.1 Å². The fraction of sp³-hybridized carbons (Fsp3) is 0.571. The molecule has 3 N–H and O–H groups in total. The minimum atomic E-state index is -4.17. The number of aromatic nitrogens is 1. The topological polar surface area (TPSA) is 50.9 Å². The Morgan fingerprint density at radius 3 is 2.71 bits per heavy atom. The second kappa shape index (κ2) is 4.72. The van der Waals surface area contributed by atoms with E-state index < -0.39 is 12.7 Å². The van der Waals surface area contributed by atoms with E-state index in [1.807, 2.05) is 0 Å². The summed E-state index contributed by atoms with van der Waals surface area (Å²) in [7, 11) is 0. The molecule has 0 amide bonds. The van der Waals surface area contributed by atoms with Crippen molar-refractivity contribution in [2.75, 3.05) is 6.54 Å². The lowest BCUT2D eigenvalue weighted by atomic mass is 10.4. The summed E-state index contributed by atoms with van der Waals surface area (Å²) in [6.07, 6.45) is -4.17. The van der Waals surface area contributed by atoms with Crippen molar-refractivity contribution in [2.24, 2.45) is 5.73 Å². The maximum Gasteiger partial charge on any atom is 0.401 e. The summed E-state index contributed by atoms with van der Waals surface area (Å²) in [5.41, 5.74) is 5.91. The van der Waals surface area contributed by atoms with Crippen LogP contribution in [-0.4, -0.2) is 17.7 Å². The number of thiazole rings is 1. The van der Waals surface area contributed by atoms with Gasteiger partial charge in [-0.1, -0.05) is 0 Å². The first-order chi connectivity index (χ1) is 6.51. The second-order valence-corrected chi connectivity index (χ2v) is 3.60. The lowest BCUT2D eigenvalue weighted by molar-refractivity contribution is -0.125. The summed E-state index contributed by atoms with van der Waals surface area (Å²) in [6.45, 7) is -0.553. The summed E-state index contributed by atoms with van der Waals surface area (Å²) >= 11 is 1.35. The van der Waals surface area contributed by atoms with Crippen LogP contribution in [0.4, 0.5) is 13.2 Å². The highest BCUT2D eigenvalue weighted by Crippen LogP contribution is 2.13. The van der Waals surface area contributed by atoms with Gasteiger partial charge in [-0.15, -0.1) is 11.3 Å². The number of halogens is 3. The molecule has 14 heavy (non-hydrogen) atoms. The number of nitrogens with one attached hydrogen (secondary N) is 1. The summed E-state index contributed by atoms with van der Waals surface area (Å²) < 4.78 is 35.2. The number of rotatable bonds is 4. The third kappa shape index (κ3) is 4.03. The van der Waals surface area contributed by atoms with Gasteiger partial charge in [0.15, 0.2) is 0 Å². The van der Waals surface area contributed by atoms with Crippen LogP contribution in [0.2, 0.25) is 0 Å². The Kier molecular flexibility index (Phi) is 3.85. The zero-order valence-electron chi connectivity index (χ0n) is 7.27. The van der Waals surface area contributed by atoms with E-state index in [2.05, 4.69) is 10.3 Å². The molecule has 1 rings (SSSR count). The van der Waals surface area contributed by atoms with Crippen molar-refractivity contribution in [3.63, 3.8) is 0 Å². The molecule has 0 bridgehead atoms. The van der Waals surface area contributed by atoms with E-state index in [4.69, 9.17) is 5.73 Å². The van der Waals surface area contributed by atoms with E-state index in [1.54, 1.807) is 5.38 Å². The molecule has 0 atom stereocenters. The van der Waals surface area contributed by atoms with Gasteiger partial charge in [-0.3, -0.25) is 0 Å². The normalized spacial score (nSPS) is 12.0. The van der Waals surface area contributed by atoms with Crippen LogP contribution in [0.15, 0.2) is 5.38 Å². The van der Waals surface area contributed by atoms with Gasteiger partial charge in [-0.2, -0.15) is 13.2 Å². The lowest BCUT2D eigenvalue weighted by Gasteiger charge is -2.06. The zero-order valence-corrected chi connectivity index (χ0v) is 8.08. The van der Waals surface area contributed by atoms with Gasteiger partial charge in [0, 0.05) is 18.5 Å². The summed E-state index contributed by atoms with van der Waals surface area (Å²) in [6, 6.07) is 0. The Morgan fingerprint density at radius 1 is 1.50 bits per heavy atom. The molecule has 0 aliphatic rings. The van der Waals surface area contributed by atoms with Crippen molar-refractivity contribution in [3.05, 3.63) is 16.1 Å². The van der Waals surface area contributed by atoms with Gasteiger partial charge in [0.25, 0.3) is 0 Å². The molecule has 7 heteroatoms. The first kappa shape index (κ1) is 11.4. The number of alkyl halides is 3. The molecule has 0 aromatic carbocycles. The summed E-state index contributed by atoms with van der Waals surface area (Å²) in [5.74, 6) is 0. The first-order valence-corrected chi connectivity index (χ1v) is 4.80. The molecule has 0 fully saturated rings. The van der Waals surface area contributed by atoms with Crippen LogP contribution in [0.25, 0.3) is 0 Å². The fourth-order valence-corrected chi connectivity index (χ4v) is 1.53. The van der Waals surface area contributed by atoms with Crippen molar-refractivity contribution in [1.82, 2.24) is 10.3 Å². The van der Waals surface area contributed by atoms with Gasteiger partial charge in [0.2, 0.25) is 0 Å². The van der Waals surface area contributed by atoms with Crippen LogP contribution in [0.5, 0.6) is 0 Å². The maximum atomic E-state index is 11.7. The van der Waals surface area contributed by atoms with Gasteiger partial charge in [-0.25, -0.2) is 4.98 Å². The number of nitrogens with two attached hydrogens (primary N) is 1. The highest BCUT2D eigenvalue weighted by molar-refractivity contribution is 7.09. The molecule has 0 saturated carbocycles. The molecule has 0 spiro atoms. The first-order valence-electron chi connectivity index (χ1n) is 3.92. The van der Waals surface area contributed by atoms with Gasteiger partial charge >= 0.3 is 6.18 Å². The molecule has 0 aliphatic heterocycles. The molecule has 0 unspecified atom stereocenters. The Bertz CT molecular complexity index is 284. The van der Waals surface area contributed by atoms with E-state index in [1.165, 1.54) is 11.3 Å². The molecule has 3 nitrogen and oxygen atoms in total. The standard InChI is InChI=1S/C7H10F3N3S/c8-7(9,10)4-12-2-5-3-14-6(1-11)13-5/h3,12H,1-2,4,11H2. The molecule has 1 aromatic rings. The van der Waals surface area contributed by atoms with Crippen molar-refractivity contribution in [3.8, 4) is 0 Å². The quantitative estimate of drug-likeness (QED) is 0.811. The van der Waals surface area contributed by atoms with Crippen molar-refractivity contribution < 1.29 is 13.2 Å². The molecular weight excluding hydrogens is 215 g/mol. The number of hydrogen-bond donors (Lipinski definition) is 2. The van der Waals surface area contributed by atoms with Crippen LogP contribution in [0.3, 0.4) is 0 Å². The van der Waals surface area contributed by atoms with Gasteiger partial charge in [-0.05, 0) is 0 Å². The third-order valence-electron chi connectivity index (χ3n) is 1.41. The Hall–Kier alpha value is -0.660. The van der Waals surface area contributed by atoms with E-state index in [9.17, 15) is 13.2 Å². The molecule has 0 radical (unpaired) electrons. The highest BCUT2D eigenvalue weighted by atomic mass is 32.1. The maximum absolute atomic E-state index is 11.7. The lowest BCUT2D eigenvalue weighted by Crippen LogP contribution is -2.28. The average Bonchev–Trinajstić information content (AvgIpc) is 2.50. The molecule has 0 aliphatic carbocycles. The largest absolute Gasteiger partial charge is 0.401 e. The van der Waals surface area contributed by atoms with Crippen molar-refractivity contribution in [2.45, 2.75) is 19.3 Å². The number of nitrogens with zero attached hydrogens (tertiary/aromatic N) is 1.